The first-order valence-corrected chi connectivity index (χ1v) is 4.82. The number of aromatic nitrogens is 2. The minimum Gasteiger partial charge on any atom is -0.446 e. The fourth-order valence-corrected chi connectivity index (χ4v) is 1.75. The minimum absolute atomic E-state index is 0.765. The van der Waals surface area contributed by atoms with E-state index in [1.165, 1.54) is 0 Å². The van der Waals surface area contributed by atoms with E-state index in [0.29, 0.717) is 0 Å². The van der Waals surface area contributed by atoms with Gasteiger partial charge < -0.3 is 4.42 Å². The summed E-state index contributed by atoms with van der Waals surface area (Å²) in [6, 6.07) is 7.88. The summed E-state index contributed by atoms with van der Waals surface area (Å²) in [4.78, 5) is 8.41. The molecule has 1 aromatic carbocycles. The van der Waals surface area contributed by atoms with Crippen LogP contribution in [0.1, 0.15) is 0 Å². The molecule has 4 nitrogen and oxygen atoms in total. The monoisotopic (exact) mass is 200 g/mol. The highest BCUT2D eigenvalue weighted by Gasteiger charge is 2.13. The highest BCUT2D eigenvalue weighted by molar-refractivity contribution is 6.04. The number of hydrogen-bond acceptors (Lipinski definition) is 3. The molecule has 3 rings (SSSR count). The fraction of sp³-hybridized carbons (Fsp3) is 0.0909. The average Bonchev–Trinajstić information content (AvgIpc) is 2.67. The number of para-hydroxylation sites is 1. The molecule has 0 aliphatic rings. The second-order valence-electron chi connectivity index (χ2n) is 3.32. The van der Waals surface area contributed by atoms with E-state index in [1.54, 1.807) is 6.33 Å². The Kier molecular flexibility index (Phi) is 1.69. The van der Waals surface area contributed by atoms with Gasteiger partial charge in [0, 0.05) is 5.39 Å². The quantitative estimate of drug-likeness (QED) is 0.642. The van der Waals surface area contributed by atoms with Crippen molar-refractivity contribution in [3.63, 3.8) is 0 Å². The minimum atomic E-state index is 0.765. The number of nitrogens with two attached hydrogens (primary N) is 1. The van der Waals surface area contributed by atoms with E-state index in [0.717, 1.165) is 27.9 Å². The maximum absolute atomic E-state index is 5.72. The molecule has 0 amide bonds. The van der Waals surface area contributed by atoms with Crippen LogP contribution in [0.15, 0.2) is 35.0 Å². The second-order valence-corrected chi connectivity index (χ2v) is 3.32. The number of hydrogen-bond donors (Lipinski definition) is 1. The molecule has 15 heavy (non-hydrogen) atoms. The SMILES string of the molecule is C[NH2+]c1ncnc2c1oc1ccccc12. The average molecular weight is 200 g/mol. The lowest BCUT2D eigenvalue weighted by Gasteiger charge is -1.91. The molecule has 74 valence electrons. The molecule has 0 aliphatic heterocycles. The Hall–Kier alpha value is -1.94. The van der Waals surface area contributed by atoms with E-state index in [9.17, 15) is 0 Å². The molecule has 2 N–H and O–H groups in total. The molecule has 0 radical (unpaired) electrons. The van der Waals surface area contributed by atoms with Gasteiger partial charge in [0.2, 0.25) is 5.58 Å². The van der Waals surface area contributed by atoms with E-state index in [-0.39, 0.29) is 0 Å². The first-order chi connectivity index (χ1) is 7.40. The Labute approximate surface area is 85.9 Å². The van der Waals surface area contributed by atoms with Crippen molar-refractivity contribution in [3.05, 3.63) is 30.6 Å². The molecule has 0 spiro atoms. The van der Waals surface area contributed by atoms with Crippen LogP contribution in [-0.4, -0.2) is 17.0 Å². The molecule has 0 saturated heterocycles. The summed E-state index contributed by atoms with van der Waals surface area (Å²) >= 11 is 0. The van der Waals surface area contributed by atoms with E-state index in [4.69, 9.17) is 4.42 Å². The molecule has 2 heterocycles. The van der Waals surface area contributed by atoms with Crippen molar-refractivity contribution in [1.82, 2.24) is 9.97 Å². The second kappa shape index (κ2) is 3.03. The van der Waals surface area contributed by atoms with Crippen LogP contribution in [-0.2, 0) is 0 Å². The Morgan fingerprint density at radius 3 is 2.93 bits per heavy atom. The van der Waals surface area contributed by atoms with Gasteiger partial charge in [0.1, 0.15) is 17.4 Å². The zero-order valence-corrected chi connectivity index (χ0v) is 8.27. The summed E-state index contributed by atoms with van der Waals surface area (Å²) in [5, 5.41) is 2.96. The van der Waals surface area contributed by atoms with Crippen molar-refractivity contribution in [1.29, 1.82) is 0 Å². The van der Waals surface area contributed by atoms with Gasteiger partial charge in [0.25, 0.3) is 5.82 Å². The van der Waals surface area contributed by atoms with Crippen molar-refractivity contribution in [2.24, 2.45) is 0 Å². The molecule has 3 aromatic rings. The Morgan fingerprint density at radius 1 is 1.20 bits per heavy atom. The van der Waals surface area contributed by atoms with Crippen molar-refractivity contribution < 1.29 is 9.73 Å². The predicted molar refractivity (Wildman–Crippen MR) is 56.8 cm³/mol. The lowest BCUT2D eigenvalue weighted by atomic mass is 10.2. The standard InChI is InChI=1S/C11H9N3O/c1-12-11-10-9(13-6-14-11)7-4-2-3-5-8(7)15-10/h2-6H,1H3,(H,12,13,14)/p+1. The van der Waals surface area contributed by atoms with Crippen LogP contribution in [0.5, 0.6) is 0 Å². The van der Waals surface area contributed by atoms with Crippen LogP contribution >= 0.6 is 0 Å². The molecule has 2 aromatic heterocycles. The third-order valence-corrected chi connectivity index (χ3v) is 2.46. The third kappa shape index (κ3) is 1.12. The summed E-state index contributed by atoms with van der Waals surface area (Å²) in [6.07, 6.45) is 1.57. The zero-order valence-electron chi connectivity index (χ0n) is 8.27. The number of rotatable bonds is 1. The summed E-state index contributed by atoms with van der Waals surface area (Å²) < 4.78 is 5.72. The maximum atomic E-state index is 5.72. The lowest BCUT2D eigenvalue weighted by Crippen LogP contribution is -2.73. The predicted octanol–water partition coefficient (Wildman–Crippen LogP) is 1.20. The Morgan fingerprint density at radius 2 is 2.07 bits per heavy atom. The van der Waals surface area contributed by atoms with Crippen molar-refractivity contribution in [2.75, 3.05) is 7.05 Å². The van der Waals surface area contributed by atoms with Crippen molar-refractivity contribution >= 4 is 27.9 Å². The lowest BCUT2D eigenvalue weighted by molar-refractivity contribution is -0.542. The summed E-state index contributed by atoms with van der Waals surface area (Å²) in [5.41, 5.74) is 2.51. The summed E-state index contributed by atoms with van der Waals surface area (Å²) in [6.45, 7) is 0. The molecule has 0 fully saturated rings. The topological polar surface area (TPSA) is 55.5 Å². The molecule has 4 heteroatoms. The molecule has 0 bridgehead atoms. The third-order valence-electron chi connectivity index (χ3n) is 2.46. The Balaban J connectivity index is 2.53. The highest BCUT2D eigenvalue weighted by atomic mass is 16.3. The van der Waals surface area contributed by atoms with Gasteiger partial charge in [-0.15, -0.1) is 0 Å². The van der Waals surface area contributed by atoms with Gasteiger partial charge in [-0.2, -0.15) is 4.98 Å². The fourth-order valence-electron chi connectivity index (χ4n) is 1.75. The van der Waals surface area contributed by atoms with Gasteiger partial charge in [0.15, 0.2) is 0 Å². The first-order valence-electron chi connectivity index (χ1n) is 4.82. The number of quaternary nitrogens is 1. The van der Waals surface area contributed by atoms with Gasteiger partial charge in [-0.05, 0) is 12.1 Å². The highest BCUT2D eigenvalue weighted by Crippen LogP contribution is 2.28. The van der Waals surface area contributed by atoms with Crippen LogP contribution in [0.2, 0.25) is 0 Å². The largest absolute Gasteiger partial charge is 0.446 e. The Bertz CT molecular complexity index is 630. The normalized spacial score (nSPS) is 11.3. The number of nitrogens with zero attached hydrogens (tertiary/aromatic N) is 2. The molecular weight excluding hydrogens is 190 g/mol. The van der Waals surface area contributed by atoms with Crippen LogP contribution in [0, 0.1) is 0 Å². The van der Waals surface area contributed by atoms with Crippen molar-refractivity contribution in [3.8, 4) is 0 Å². The van der Waals surface area contributed by atoms with Gasteiger partial charge >= 0.3 is 0 Å². The number of fused-ring (bicyclic) bond motifs is 3. The molecule has 0 aliphatic carbocycles. The molecule has 0 atom stereocenters. The van der Waals surface area contributed by atoms with Crippen LogP contribution in [0.3, 0.4) is 0 Å². The van der Waals surface area contributed by atoms with E-state index in [2.05, 4.69) is 9.97 Å². The van der Waals surface area contributed by atoms with Gasteiger partial charge in [-0.3, -0.25) is 5.32 Å². The smallest absolute Gasteiger partial charge is 0.271 e. The molecule has 0 saturated carbocycles. The maximum Gasteiger partial charge on any atom is 0.271 e. The van der Waals surface area contributed by atoms with E-state index in [1.807, 2.05) is 36.6 Å². The zero-order chi connectivity index (χ0) is 10.3. The molecular formula is C11H10N3O+. The van der Waals surface area contributed by atoms with Gasteiger partial charge in [-0.25, -0.2) is 4.98 Å². The number of furan rings is 1. The summed E-state index contributed by atoms with van der Waals surface area (Å²) in [5.74, 6) is 0.844. The van der Waals surface area contributed by atoms with Crippen LogP contribution < -0.4 is 5.32 Å². The van der Waals surface area contributed by atoms with Crippen molar-refractivity contribution in [2.45, 2.75) is 0 Å². The van der Waals surface area contributed by atoms with E-state index < -0.39 is 0 Å². The molecule has 0 unspecified atom stereocenters. The summed E-state index contributed by atoms with van der Waals surface area (Å²) in [7, 11) is 1.94. The van der Waals surface area contributed by atoms with Gasteiger partial charge in [-0.1, -0.05) is 12.1 Å². The van der Waals surface area contributed by atoms with E-state index >= 15 is 0 Å². The van der Waals surface area contributed by atoms with Gasteiger partial charge in [0.05, 0.1) is 7.05 Å². The number of benzene rings is 1. The van der Waals surface area contributed by atoms with Crippen LogP contribution in [0.25, 0.3) is 22.1 Å². The van der Waals surface area contributed by atoms with Crippen LogP contribution in [0.4, 0.5) is 5.82 Å². The first kappa shape index (κ1) is 8.38.